The lowest BCUT2D eigenvalue weighted by molar-refractivity contribution is -0.149. The van der Waals surface area contributed by atoms with Crippen molar-refractivity contribution in [3.05, 3.63) is 28.6 Å². The van der Waals surface area contributed by atoms with Gasteiger partial charge in [-0.05, 0) is 69.3 Å². The standard InChI is InChI=1S/C27H35ClN4O6S3/c1-38-27(35)20-8-2-3-13-30(20)16-18-6-4-15-32(18)24(33)17-31-14-5-7-19(26(31)34)29-41(36,37)25-12-10-22(40-25)21-9-11-23(28)39-21/h9-12,18-20,29H,2-8,13-17H2,1H3. The molecule has 0 aromatic carbocycles. The average Bonchev–Trinajstić information content (AvgIpc) is 3.72. The van der Waals surface area contributed by atoms with Gasteiger partial charge in [-0.1, -0.05) is 18.0 Å². The topological polar surface area (TPSA) is 116 Å². The second-order valence-electron chi connectivity index (χ2n) is 10.7. The van der Waals surface area contributed by atoms with Crippen LogP contribution in [0.15, 0.2) is 28.5 Å². The summed E-state index contributed by atoms with van der Waals surface area (Å²) in [5, 5.41) is 0. The summed E-state index contributed by atoms with van der Waals surface area (Å²) in [5.41, 5.74) is 0. The lowest BCUT2D eigenvalue weighted by Gasteiger charge is -2.38. The number of halogens is 1. The second kappa shape index (κ2) is 13.1. The van der Waals surface area contributed by atoms with Crippen molar-refractivity contribution in [3.8, 4) is 9.75 Å². The zero-order valence-corrected chi connectivity index (χ0v) is 26.1. The molecule has 3 saturated heterocycles. The molecule has 41 heavy (non-hydrogen) atoms. The lowest BCUT2D eigenvalue weighted by Crippen LogP contribution is -2.56. The average molecular weight is 643 g/mol. The van der Waals surface area contributed by atoms with Gasteiger partial charge in [0.15, 0.2) is 0 Å². The fraction of sp³-hybridized carbons (Fsp3) is 0.593. The number of hydrogen-bond acceptors (Lipinski definition) is 9. The van der Waals surface area contributed by atoms with Crippen molar-refractivity contribution in [2.24, 2.45) is 0 Å². The number of nitrogens with one attached hydrogen (secondary N) is 1. The third-order valence-corrected chi connectivity index (χ3v) is 12.5. The number of likely N-dealkylation sites (tertiary alicyclic amines) is 3. The number of esters is 1. The molecule has 1 N–H and O–H groups in total. The van der Waals surface area contributed by atoms with Gasteiger partial charge in [0.05, 0.1) is 18.0 Å². The molecule has 3 unspecified atom stereocenters. The highest BCUT2D eigenvalue weighted by Crippen LogP contribution is 2.37. The van der Waals surface area contributed by atoms with Crippen molar-refractivity contribution in [2.75, 3.05) is 39.8 Å². The molecule has 5 heterocycles. The van der Waals surface area contributed by atoms with Crippen LogP contribution in [-0.2, 0) is 29.1 Å². The van der Waals surface area contributed by atoms with Gasteiger partial charge in [0.2, 0.25) is 11.8 Å². The third kappa shape index (κ3) is 6.97. The van der Waals surface area contributed by atoms with Crippen LogP contribution in [0.5, 0.6) is 0 Å². The van der Waals surface area contributed by atoms with Crippen LogP contribution in [-0.4, -0.2) is 98.9 Å². The quantitative estimate of drug-likeness (QED) is 0.417. The Morgan fingerprint density at radius 1 is 1.00 bits per heavy atom. The molecule has 14 heteroatoms. The smallest absolute Gasteiger partial charge is 0.323 e. The molecule has 224 valence electrons. The van der Waals surface area contributed by atoms with Gasteiger partial charge in [-0.2, -0.15) is 4.72 Å². The van der Waals surface area contributed by atoms with E-state index in [0.717, 1.165) is 59.7 Å². The molecule has 0 saturated carbocycles. The Labute approximate surface area is 253 Å². The van der Waals surface area contributed by atoms with Crippen molar-refractivity contribution < 1.29 is 27.5 Å². The van der Waals surface area contributed by atoms with E-state index in [1.807, 2.05) is 11.0 Å². The van der Waals surface area contributed by atoms with Crippen molar-refractivity contribution in [1.29, 1.82) is 0 Å². The van der Waals surface area contributed by atoms with Gasteiger partial charge in [-0.15, -0.1) is 22.7 Å². The number of rotatable bonds is 9. The molecular weight excluding hydrogens is 608 g/mol. The zero-order valence-electron chi connectivity index (χ0n) is 22.9. The fourth-order valence-electron chi connectivity index (χ4n) is 5.99. The predicted octanol–water partition coefficient (Wildman–Crippen LogP) is 3.42. The van der Waals surface area contributed by atoms with E-state index in [0.29, 0.717) is 36.8 Å². The molecule has 3 aliphatic rings. The van der Waals surface area contributed by atoms with Gasteiger partial charge in [-0.3, -0.25) is 19.3 Å². The number of piperidine rings is 2. The largest absolute Gasteiger partial charge is 0.468 e. The van der Waals surface area contributed by atoms with Crippen LogP contribution in [0.3, 0.4) is 0 Å². The number of thiophene rings is 2. The minimum atomic E-state index is -3.93. The fourth-order valence-corrected chi connectivity index (χ4v) is 9.67. The van der Waals surface area contributed by atoms with Crippen molar-refractivity contribution in [1.82, 2.24) is 19.4 Å². The van der Waals surface area contributed by atoms with Crippen molar-refractivity contribution >= 4 is 62.1 Å². The predicted molar refractivity (Wildman–Crippen MR) is 159 cm³/mol. The number of hydrogen-bond donors (Lipinski definition) is 1. The van der Waals surface area contributed by atoms with E-state index in [9.17, 15) is 22.8 Å². The summed E-state index contributed by atoms with van der Waals surface area (Å²) in [6.07, 6.45) is 5.40. The molecule has 5 rings (SSSR count). The minimum Gasteiger partial charge on any atom is -0.468 e. The summed E-state index contributed by atoms with van der Waals surface area (Å²) in [4.78, 5) is 46.1. The summed E-state index contributed by atoms with van der Waals surface area (Å²) in [7, 11) is -2.52. The lowest BCUT2D eigenvalue weighted by atomic mass is 10.0. The highest BCUT2D eigenvalue weighted by Gasteiger charge is 2.38. The SMILES string of the molecule is COC(=O)C1CCCCN1CC1CCCN1C(=O)CN1CCCC(NS(=O)(=O)c2ccc(-c3ccc(Cl)s3)s2)C1=O. The molecule has 0 aliphatic carbocycles. The van der Waals surface area contributed by atoms with Crippen LogP contribution >= 0.6 is 34.3 Å². The van der Waals surface area contributed by atoms with Crippen LogP contribution in [0, 0.1) is 0 Å². The Morgan fingerprint density at radius 2 is 1.76 bits per heavy atom. The van der Waals surface area contributed by atoms with Gasteiger partial charge < -0.3 is 14.5 Å². The van der Waals surface area contributed by atoms with Crippen molar-refractivity contribution in [3.63, 3.8) is 0 Å². The maximum atomic E-state index is 13.4. The molecule has 3 atom stereocenters. The molecule has 2 amide bonds. The van der Waals surface area contributed by atoms with Gasteiger partial charge in [0, 0.05) is 35.4 Å². The Hall–Kier alpha value is -2.03. The van der Waals surface area contributed by atoms with E-state index in [4.69, 9.17) is 16.3 Å². The van der Waals surface area contributed by atoms with E-state index in [2.05, 4.69) is 9.62 Å². The van der Waals surface area contributed by atoms with E-state index < -0.39 is 16.1 Å². The summed E-state index contributed by atoms with van der Waals surface area (Å²) in [6.45, 7) is 2.31. The Morgan fingerprint density at radius 3 is 2.51 bits per heavy atom. The monoisotopic (exact) mass is 642 g/mol. The van der Waals surface area contributed by atoms with Crippen LogP contribution in [0.2, 0.25) is 4.34 Å². The first-order valence-corrected chi connectivity index (χ1v) is 17.4. The summed E-state index contributed by atoms with van der Waals surface area (Å²) >= 11 is 8.52. The van der Waals surface area contributed by atoms with Gasteiger partial charge in [0.25, 0.3) is 10.0 Å². The van der Waals surface area contributed by atoms with Crippen molar-refractivity contribution in [2.45, 2.75) is 67.3 Å². The van der Waals surface area contributed by atoms with Gasteiger partial charge in [-0.25, -0.2) is 8.42 Å². The molecule has 0 spiro atoms. The number of amides is 2. The van der Waals surface area contributed by atoms with Crippen LogP contribution in [0.25, 0.3) is 9.75 Å². The van der Waals surface area contributed by atoms with Gasteiger partial charge >= 0.3 is 5.97 Å². The molecule has 2 aromatic heterocycles. The maximum Gasteiger partial charge on any atom is 0.323 e. The third-order valence-electron chi connectivity index (χ3n) is 8.05. The van der Waals surface area contributed by atoms with E-state index in [1.165, 1.54) is 29.4 Å². The number of carbonyl (C=O) groups excluding carboxylic acids is 3. The number of carbonyl (C=O) groups is 3. The Bertz CT molecular complexity index is 1380. The highest BCUT2D eigenvalue weighted by molar-refractivity contribution is 7.91. The number of ether oxygens (including phenoxy) is 1. The second-order valence-corrected chi connectivity index (χ2v) is 15.5. The van der Waals surface area contributed by atoms with Gasteiger partial charge in [0.1, 0.15) is 16.3 Å². The van der Waals surface area contributed by atoms with E-state index >= 15 is 0 Å². The number of methoxy groups -OCH3 is 1. The number of nitrogens with zero attached hydrogens (tertiary/aromatic N) is 3. The normalized spacial score (nSPS) is 24.1. The van der Waals surface area contributed by atoms with Crippen LogP contribution < -0.4 is 4.72 Å². The molecule has 10 nitrogen and oxygen atoms in total. The van der Waals surface area contributed by atoms with Crippen LogP contribution in [0.4, 0.5) is 0 Å². The highest BCUT2D eigenvalue weighted by atomic mass is 35.5. The first-order valence-electron chi connectivity index (χ1n) is 13.9. The zero-order chi connectivity index (χ0) is 29.1. The summed E-state index contributed by atoms with van der Waals surface area (Å²) < 4.78 is 34.6. The summed E-state index contributed by atoms with van der Waals surface area (Å²) in [6, 6.07) is 5.63. The first kappa shape index (κ1) is 30.4. The molecule has 0 radical (unpaired) electrons. The van der Waals surface area contributed by atoms with Crippen LogP contribution in [0.1, 0.15) is 44.9 Å². The summed E-state index contributed by atoms with van der Waals surface area (Å²) in [5.74, 6) is -0.760. The Kier molecular flexibility index (Phi) is 9.71. The Balaban J connectivity index is 1.20. The molecule has 3 aliphatic heterocycles. The molecule has 0 bridgehead atoms. The molecular formula is C27H35ClN4O6S3. The van der Waals surface area contributed by atoms with E-state index in [-0.39, 0.29) is 40.6 Å². The number of sulfonamides is 1. The molecule has 2 aromatic rings. The minimum absolute atomic E-state index is 0.0341. The maximum absolute atomic E-state index is 13.4. The van der Waals surface area contributed by atoms with E-state index in [1.54, 1.807) is 12.1 Å². The first-order chi connectivity index (χ1) is 19.7. The molecule has 3 fully saturated rings.